The second-order valence-corrected chi connectivity index (χ2v) is 9.49. The highest BCUT2D eigenvalue weighted by Gasteiger charge is 2.49. The van der Waals surface area contributed by atoms with Crippen LogP contribution in [0.2, 0.25) is 0 Å². The summed E-state index contributed by atoms with van der Waals surface area (Å²) >= 11 is 0.900. The average Bonchev–Trinajstić information content (AvgIpc) is 3.47. The van der Waals surface area contributed by atoms with E-state index in [0.717, 1.165) is 16.2 Å². The van der Waals surface area contributed by atoms with E-state index < -0.39 is 29.5 Å². The number of esters is 1. The number of aryl methyl sites for hydroxylation is 1. The van der Waals surface area contributed by atoms with E-state index in [1.807, 2.05) is 0 Å². The lowest BCUT2D eigenvalue weighted by Crippen LogP contribution is -2.29. The fraction of sp³-hybridized carbons (Fsp3) is 0.259. The Morgan fingerprint density at radius 1 is 1.08 bits per heavy atom. The number of aliphatic hydroxyl groups is 1. The highest BCUT2D eigenvalue weighted by molar-refractivity contribution is 7.17. The van der Waals surface area contributed by atoms with Gasteiger partial charge in [-0.1, -0.05) is 23.5 Å². The number of nitrogens with zero attached hydrogens (tertiary/aromatic N) is 2. The Hall–Kier alpha value is -4.58. The van der Waals surface area contributed by atoms with Gasteiger partial charge in [-0.25, -0.2) is 9.78 Å². The van der Waals surface area contributed by atoms with Crippen LogP contribution in [0.4, 0.5) is 5.13 Å². The molecular weight excluding hydrogens is 528 g/mol. The van der Waals surface area contributed by atoms with Crippen molar-refractivity contribution in [2.45, 2.75) is 13.0 Å². The number of carbonyl (C=O) groups is 3. The lowest BCUT2D eigenvalue weighted by Gasteiger charge is -2.25. The number of fused-ring (bicyclic) bond motifs is 1. The molecule has 12 heteroatoms. The van der Waals surface area contributed by atoms with Crippen LogP contribution in [0.25, 0.3) is 5.76 Å². The average molecular weight is 553 g/mol. The number of para-hydroxylation sites is 1. The zero-order valence-electron chi connectivity index (χ0n) is 21.5. The largest absolute Gasteiger partial charge is 0.507 e. The second kappa shape index (κ2) is 10.3. The van der Waals surface area contributed by atoms with Crippen LogP contribution < -0.4 is 23.8 Å². The highest BCUT2D eigenvalue weighted by atomic mass is 32.1. The summed E-state index contributed by atoms with van der Waals surface area (Å²) in [6.07, 6.45) is 0. The molecule has 1 amide bonds. The van der Waals surface area contributed by atoms with Crippen molar-refractivity contribution < 1.29 is 43.2 Å². The van der Waals surface area contributed by atoms with Crippen LogP contribution in [0, 0.1) is 6.92 Å². The monoisotopic (exact) mass is 552 g/mol. The van der Waals surface area contributed by atoms with Crippen LogP contribution in [0.3, 0.4) is 0 Å². The molecule has 1 saturated heterocycles. The van der Waals surface area contributed by atoms with E-state index in [-0.39, 0.29) is 26.9 Å². The Morgan fingerprint density at radius 3 is 2.51 bits per heavy atom. The molecule has 202 valence electrons. The number of ketones is 1. The van der Waals surface area contributed by atoms with Crippen molar-refractivity contribution in [1.82, 2.24) is 4.98 Å². The molecule has 11 nitrogen and oxygen atoms in total. The zero-order valence-corrected chi connectivity index (χ0v) is 22.3. The molecule has 1 aromatic heterocycles. The number of rotatable bonds is 6. The van der Waals surface area contributed by atoms with Crippen molar-refractivity contribution in [3.8, 4) is 23.0 Å². The Kier molecular flexibility index (Phi) is 6.87. The number of benzene rings is 2. The highest BCUT2D eigenvalue weighted by Crippen LogP contribution is 2.48. The van der Waals surface area contributed by atoms with Crippen LogP contribution >= 0.6 is 11.3 Å². The summed E-state index contributed by atoms with van der Waals surface area (Å²) in [6, 6.07) is 8.56. The number of ether oxygens (including phenoxy) is 5. The van der Waals surface area contributed by atoms with Crippen molar-refractivity contribution in [2.75, 3.05) is 39.4 Å². The predicted molar refractivity (Wildman–Crippen MR) is 140 cm³/mol. The summed E-state index contributed by atoms with van der Waals surface area (Å²) in [5.41, 5.74) is 0.736. The van der Waals surface area contributed by atoms with E-state index >= 15 is 0 Å². The standard InChI is InChI=1S/C27H24N2O9S/c1-13-24(26(33)36-4)39-27(28-13)29-20(15-6-5-7-17(34-2)23(15)35-3)19(22(31)25(29)32)21(30)14-8-9-16-18(12-14)38-11-10-37-16/h5-9,12,20,30H,10-11H2,1-4H3/t20-/m0/s1. The summed E-state index contributed by atoms with van der Waals surface area (Å²) in [4.78, 5) is 45.1. The molecule has 0 bridgehead atoms. The number of hydrogen-bond acceptors (Lipinski definition) is 11. The number of hydrogen-bond donors (Lipinski definition) is 1. The van der Waals surface area contributed by atoms with E-state index in [9.17, 15) is 19.5 Å². The summed E-state index contributed by atoms with van der Waals surface area (Å²) in [5, 5.41) is 11.6. The fourth-order valence-corrected chi connectivity index (χ4v) is 5.58. The van der Waals surface area contributed by atoms with Gasteiger partial charge >= 0.3 is 11.9 Å². The van der Waals surface area contributed by atoms with Crippen molar-refractivity contribution in [3.05, 3.63) is 63.7 Å². The smallest absolute Gasteiger partial charge is 0.350 e. The SMILES string of the molecule is COC(=O)c1sc(N2C(=O)C(=O)C(=C(O)c3ccc4c(c3)OCCO4)[C@@H]2c2cccc(OC)c2OC)nc1C. The Bertz CT molecular complexity index is 1530. The maximum atomic E-state index is 13.6. The van der Waals surface area contributed by atoms with Gasteiger partial charge in [0.1, 0.15) is 29.9 Å². The number of aromatic nitrogens is 1. The van der Waals surface area contributed by atoms with Gasteiger partial charge in [0, 0.05) is 11.1 Å². The van der Waals surface area contributed by atoms with E-state index in [2.05, 4.69) is 4.98 Å². The zero-order chi connectivity index (χ0) is 27.8. The summed E-state index contributed by atoms with van der Waals surface area (Å²) in [5.74, 6) is -1.43. The predicted octanol–water partition coefficient (Wildman–Crippen LogP) is 3.65. The molecule has 0 radical (unpaired) electrons. The maximum Gasteiger partial charge on any atom is 0.350 e. The molecule has 1 fully saturated rings. The molecule has 0 aliphatic carbocycles. The number of thiazole rings is 1. The van der Waals surface area contributed by atoms with E-state index in [1.54, 1.807) is 43.3 Å². The molecule has 5 rings (SSSR count). The van der Waals surface area contributed by atoms with Gasteiger partial charge in [0.05, 0.1) is 32.6 Å². The summed E-state index contributed by atoms with van der Waals surface area (Å²) < 4.78 is 27.1. The molecule has 3 heterocycles. The number of methoxy groups -OCH3 is 3. The van der Waals surface area contributed by atoms with Gasteiger partial charge < -0.3 is 28.8 Å². The third-order valence-electron chi connectivity index (χ3n) is 6.35. The third kappa shape index (κ3) is 4.32. The topological polar surface area (TPSA) is 134 Å². The van der Waals surface area contributed by atoms with Gasteiger partial charge in [-0.3, -0.25) is 14.5 Å². The molecule has 0 unspecified atom stereocenters. The lowest BCUT2D eigenvalue weighted by atomic mass is 9.94. The first-order valence-electron chi connectivity index (χ1n) is 11.8. The van der Waals surface area contributed by atoms with Crippen LogP contribution in [0.5, 0.6) is 23.0 Å². The van der Waals surface area contributed by atoms with Gasteiger partial charge in [-0.05, 0) is 31.2 Å². The molecule has 0 spiro atoms. The van der Waals surface area contributed by atoms with E-state index in [4.69, 9.17) is 23.7 Å². The minimum atomic E-state index is -1.17. The Labute approximate surface area is 227 Å². The number of Topliss-reactive ketones (excluding diaryl/α,β-unsaturated/α-hetero) is 1. The molecule has 2 aliphatic heterocycles. The molecule has 39 heavy (non-hydrogen) atoms. The van der Waals surface area contributed by atoms with E-state index in [1.165, 1.54) is 21.3 Å². The number of carbonyl (C=O) groups excluding carboxylic acids is 3. The lowest BCUT2D eigenvalue weighted by molar-refractivity contribution is -0.132. The van der Waals surface area contributed by atoms with Crippen LogP contribution in [0.1, 0.15) is 32.5 Å². The number of aliphatic hydroxyl groups excluding tert-OH is 1. The molecular formula is C27H24N2O9S. The number of anilines is 1. The minimum Gasteiger partial charge on any atom is -0.507 e. The van der Waals surface area contributed by atoms with Crippen molar-refractivity contribution >= 4 is 39.9 Å². The van der Waals surface area contributed by atoms with Crippen molar-refractivity contribution in [3.63, 3.8) is 0 Å². The van der Waals surface area contributed by atoms with Gasteiger partial charge in [0.25, 0.3) is 5.78 Å². The van der Waals surface area contributed by atoms with Crippen LogP contribution in [-0.2, 0) is 14.3 Å². The third-order valence-corrected chi connectivity index (χ3v) is 7.49. The van der Waals surface area contributed by atoms with Crippen LogP contribution in [0.15, 0.2) is 42.0 Å². The first-order valence-corrected chi connectivity index (χ1v) is 12.6. The molecule has 3 aromatic rings. The van der Waals surface area contributed by atoms with E-state index in [0.29, 0.717) is 41.7 Å². The molecule has 2 aromatic carbocycles. The first-order chi connectivity index (χ1) is 18.8. The molecule has 1 N–H and O–H groups in total. The molecule has 1 atom stereocenters. The fourth-order valence-electron chi connectivity index (χ4n) is 4.56. The normalized spacial score (nSPS) is 17.7. The summed E-state index contributed by atoms with van der Waals surface area (Å²) in [6.45, 7) is 2.31. The van der Waals surface area contributed by atoms with Crippen molar-refractivity contribution in [1.29, 1.82) is 0 Å². The quantitative estimate of drug-likeness (QED) is 0.209. The van der Waals surface area contributed by atoms with Crippen LogP contribution in [-0.4, -0.2) is 62.3 Å². The minimum absolute atomic E-state index is 0.0751. The molecule has 2 aliphatic rings. The van der Waals surface area contributed by atoms with Gasteiger partial charge in [0.2, 0.25) is 0 Å². The first kappa shape index (κ1) is 26.0. The number of amides is 1. The molecule has 0 saturated carbocycles. The summed E-state index contributed by atoms with van der Waals surface area (Å²) in [7, 11) is 4.12. The van der Waals surface area contributed by atoms with Crippen molar-refractivity contribution in [2.24, 2.45) is 0 Å². The second-order valence-electron chi connectivity index (χ2n) is 8.51. The van der Waals surface area contributed by atoms with Gasteiger partial charge in [-0.2, -0.15) is 0 Å². The Balaban J connectivity index is 1.75. The van der Waals surface area contributed by atoms with Gasteiger partial charge in [0.15, 0.2) is 28.1 Å². The Morgan fingerprint density at radius 2 is 1.82 bits per heavy atom. The maximum absolute atomic E-state index is 13.6. The van der Waals surface area contributed by atoms with Gasteiger partial charge in [-0.15, -0.1) is 0 Å².